The van der Waals surface area contributed by atoms with Crippen LogP contribution in [0.1, 0.15) is 28.9 Å². The summed E-state index contributed by atoms with van der Waals surface area (Å²) < 4.78 is 0. The van der Waals surface area contributed by atoms with Gasteiger partial charge >= 0.3 is 5.97 Å². The van der Waals surface area contributed by atoms with Gasteiger partial charge in [0.25, 0.3) is 0 Å². The largest absolute Gasteiger partial charge is 0.477 e. The highest BCUT2D eigenvalue weighted by molar-refractivity contribution is 6.03. The van der Waals surface area contributed by atoms with Gasteiger partial charge in [0.2, 0.25) is 5.91 Å². The third-order valence-corrected chi connectivity index (χ3v) is 3.27. The molecule has 1 aromatic carbocycles. The Morgan fingerprint density at radius 3 is 2.84 bits per heavy atom. The van der Waals surface area contributed by atoms with Gasteiger partial charge in [-0.1, -0.05) is 6.07 Å². The summed E-state index contributed by atoms with van der Waals surface area (Å²) >= 11 is 0. The molecule has 3 rings (SSSR count). The molecule has 1 aromatic heterocycles. The van der Waals surface area contributed by atoms with Gasteiger partial charge in [0.05, 0.1) is 11.6 Å². The first-order valence-corrected chi connectivity index (χ1v) is 5.80. The van der Waals surface area contributed by atoms with Crippen LogP contribution in [0.4, 0.5) is 5.69 Å². The van der Waals surface area contributed by atoms with E-state index in [2.05, 4.69) is 15.5 Å². The second-order valence-electron chi connectivity index (χ2n) is 4.48. The third-order valence-electron chi connectivity index (χ3n) is 3.27. The number of carbonyl (C=O) groups excluding carboxylic acids is 1. The molecule has 6 heteroatoms. The topological polar surface area (TPSA) is 95.1 Å². The molecule has 0 fully saturated rings. The van der Waals surface area contributed by atoms with Crippen molar-refractivity contribution in [2.75, 3.05) is 5.32 Å². The Bertz CT molecular complexity index is 690. The molecular weight excluding hydrogens is 246 g/mol. The monoisotopic (exact) mass is 257 g/mol. The fraction of sp³-hybridized carbons (Fsp3) is 0.154. The third kappa shape index (κ3) is 1.77. The standard InChI is InChI=1S/C13H11N3O3/c1-6-8-4-7(2-3-9(8)14-12(6)17)10-5-11(13(18)19)16-15-10/h2-6H,1H3,(H,14,17)(H,15,16)(H,18,19). The number of carboxylic acid groups (broad SMARTS) is 1. The summed E-state index contributed by atoms with van der Waals surface area (Å²) in [5.41, 5.74) is 3.08. The molecular formula is C13H11N3O3. The highest BCUT2D eigenvalue weighted by Crippen LogP contribution is 2.35. The number of carbonyl (C=O) groups is 2. The Balaban J connectivity index is 2.03. The van der Waals surface area contributed by atoms with E-state index in [1.54, 1.807) is 12.1 Å². The number of aromatic amines is 1. The lowest BCUT2D eigenvalue weighted by atomic mass is 9.99. The number of carboxylic acids is 1. The van der Waals surface area contributed by atoms with Crippen molar-refractivity contribution >= 4 is 17.6 Å². The molecule has 1 amide bonds. The van der Waals surface area contributed by atoms with Crippen LogP contribution in [-0.4, -0.2) is 27.2 Å². The van der Waals surface area contributed by atoms with Crippen LogP contribution in [0.15, 0.2) is 24.3 Å². The molecule has 1 atom stereocenters. The summed E-state index contributed by atoms with van der Waals surface area (Å²) in [7, 11) is 0. The number of anilines is 1. The second-order valence-corrected chi connectivity index (χ2v) is 4.48. The molecule has 0 radical (unpaired) electrons. The zero-order valence-electron chi connectivity index (χ0n) is 10.1. The minimum absolute atomic E-state index is 0.0274. The molecule has 2 aromatic rings. The van der Waals surface area contributed by atoms with E-state index < -0.39 is 5.97 Å². The summed E-state index contributed by atoms with van der Waals surface area (Å²) in [6, 6.07) is 6.94. The molecule has 6 nitrogen and oxygen atoms in total. The van der Waals surface area contributed by atoms with Crippen molar-refractivity contribution in [3.63, 3.8) is 0 Å². The lowest BCUT2D eigenvalue weighted by Gasteiger charge is -2.03. The first-order valence-electron chi connectivity index (χ1n) is 5.80. The molecule has 3 N–H and O–H groups in total. The van der Waals surface area contributed by atoms with Crippen LogP contribution in [0.5, 0.6) is 0 Å². The quantitative estimate of drug-likeness (QED) is 0.764. The summed E-state index contributed by atoms with van der Waals surface area (Å²) in [6.45, 7) is 1.83. The predicted octanol–water partition coefficient (Wildman–Crippen LogP) is 1.83. The SMILES string of the molecule is CC1C(=O)Nc2ccc(-c3cc(C(=O)O)[nH]n3)cc21. The van der Waals surface area contributed by atoms with Crippen LogP contribution < -0.4 is 5.32 Å². The van der Waals surface area contributed by atoms with Crippen molar-refractivity contribution in [1.82, 2.24) is 10.2 Å². The molecule has 2 heterocycles. The fourth-order valence-electron chi connectivity index (χ4n) is 2.16. The van der Waals surface area contributed by atoms with E-state index in [4.69, 9.17) is 5.11 Å². The van der Waals surface area contributed by atoms with Crippen molar-refractivity contribution < 1.29 is 14.7 Å². The molecule has 19 heavy (non-hydrogen) atoms. The molecule has 0 spiro atoms. The number of hydrogen-bond acceptors (Lipinski definition) is 3. The van der Waals surface area contributed by atoms with Gasteiger partial charge in [-0.15, -0.1) is 0 Å². The maximum atomic E-state index is 11.6. The maximum absolute atomic E-state index is 11.6. The zero-order valence-corrected chi connectivity index (χ0v) is 10.1. The lowest BCUT2D eigenvalue weighted by Crippen LogP contribution is -2.08. The highest BCUT2D eigenvalue weighted by atomic mass is 16.4. The van der Waals surface area contributed by atoms with Gasteiger partial charge in [-0.05, 0) is 30.7 Å². The van der Waals surface area contributed by atoms with E-state index in [0.29, 0.717) is 5.69 Å². The van der Waals surface area contributed by atoms with Crippen molar-refractivity contribution in [3.05, 3.63) is 35.5 Å². The van der Waals surface area contributed by atoms with Crippen molar-refractivity contribution in [3.8, 4) is 11.3 Å². The lowest BCUT2D eigenvalue weighted by molar-refractivity contribution is -0.116. The molecule has 0 bridgehead atoms. The van der Waals surface area contributed by atoms with Gasteiger partial charge in [-0.3, -0.25) is 9.89 Å². The number of benzene rings is 1. The molecule has 1 unspecified atom stereocenters. The van der Waals surface area contributed by atoms with Gasteiger partial charge in [0.15, 0.2) is 0 Å². The van der Waals surface area contributed by atoms with Crippen LogP contribution in [-0.2, 0) is 4.79 Å². The van der Waals surface area contributed by atoms with Gasteiger partial charge in [-0.2, -0.15) is 5.10 Å². The Kier molecular flexibility index (Phi) is 2.38. The van der Waals surface area contributed by atoms with Gasteiger partial charge in [-0.25, -0.2) is 4.79 Å². The Labute approximate surface area is 108 Å². The van der Waals surface area contributed by atoms with Crippen molar-refractivity contribution in [1.29, 1.82) is 0 Å². The van der Waals surface area contributed by atoms with E-state index in [-0.39, 0.29) is 17.5 Å². The number of rotatable bonds is 2. The second kappa shape index (κ2) is 3.94. The highest BCUT2D eigenvalue weighted by Gasteiger charge is 2.26. The summed E-state index contributed by atoms with van der Waals surface area (Å²) in [5, 5.41) is 18.1. The van der Waals surface area contributed by atoms with Gasteiger partial charge in [0, 0.05) is 11.3 Å². The average molecular weight is 257 g/mol. The van der Waals surface area contributed by atoms with E-state index in [0.717, 1.165) is 16.8 Å². The molecule has 0 aliphatic carbocycles. The molecule has 0 saturated carbocycles. The van der Waals surface area contributed by atoms with Crippen molar-refractivity contribution in [2.24, 2.45) is 0 Å². The van der Waals surface area contributed by atoms with Crippen LogP contribution in [0.25, 0.3) is 11.3 Å². The summed E-state index contributed by atoms with van der Waals surface area (Å²) in [4.78, 5) is 22.4. The normalized spacial score (nSPS) is 17.1. The maximum Gasteiger partial charge on any atom is 0.353 e. The number of hydrogen-bond donors (Lipinski definition) is 3. The molecule has 1 aliphatic rings. The fourth-order valence-corrected chi connectivity index (χ4v) is 2.16. The van der Waals surface area contributed by atoms with Gasteiger partial charge < -0.3 is 10.4 Å². The average Bonchev–Trinajstić information content (AvgIpc) is 2.96. The Morgan fingerprint density at radius 1 is 1.37 bits per heavy atom. The number of aromatic nitrogens is 2. The van der Waals surface area contributed by atoms with E-state index in [9.17, 15) is 9.59 Å². The van der Waals surface area contributed by atoms with Gasteiger partial charge in [0.1, 0.15) is 5.69 Å². The van der Waals surface area contributed by atoms with E-state index in [1.807, 2.05) is 13.0 Å². The number of aromatic carboxylic acids is 1. The van der Waals surface area contributed by atoms with E-state index >= 15 is 0 Å². The first kappa shape index (κ1) is 11.5. The summed E-state index contributed by atoms with van der Waals surface area (Å²) in [5.74, 6) is -1.28. The number of nitrogens with one attached hydrogen (secondary N) is 2. The number of amides is 1. The zero-order chi connectivity index (χ0) is 13.6. The molecule has 0 saturated heterocycles. The van der Waals surface area contributed by atoms with E-state index in [1.165, 1.54) is 6.07 Å². The Hall–Kier alpha value is -2.63. The minimum Gasteiger partial charge on any atom is -0.477 e. The number of nitrogens with zero attached hydrogens (tertiary/aromatic N) is 1. The van der Waals surface area contributed by atoms with Crippen LogP contribution in [0.3, 0.4) is 0 Å². The number of H-pyrrole nitrogens is 1. The van der Waals surface area contributed by atoms with Crippen LogP contribution in [0.2, 0.25) is 0 Å². The van der Waals surface area contributed by atoms with Crippen LogP contribution in [0, 0.1) is 0 Å². The Morgan fingerprint density at radius 2 is 2.16 bits per heavy atom. The molecule has 96 valence electrons. The smallest absolute Gasteiger partial charge is 0.353 e. The molecule has 1 aliphatic heterocycles. The first-order chi connectivity index (χ1) is 9.06. The predicted molar refractivity (Wildman–Crippen MR) is 68.0 cm³/mol. The number of fused-ring (bicyclic) bond motifs is 1. The minimum atomic E-state index is -1.05. The van der Waals surface area contributed by atoms with Crippen LogP contribution >= 0.6 is 0 Å². The summed E-state index contributed by atoms with van der Waals surface area (Å²) in [6.07, 6.45) is 0. The van der Waals surface area contributed by atoms with Crippen molar-refractivity contribution in [2.45, 2.75) is 12.8 Å².